The topological polar surface area (TPSA) is 49.8 Å². The van der Waals surface area contributed by atoms with Crippen LogP contribution in [-0.2, 0) is 4.79 Å². The Hall–Kier alpha value is -2.85. The molecule has 1 aliphatic heterocycles. The van der Waals surface area contributed by atoms with Gasteiger partial charge < -0.3 is 9.84 Å². The van der Waals surface area contributed by atoms with Crippen LogP contribution in [0.25, 0.3) is 10.8 Å². The van der Waals surface area contributed by atoms with Gasteiger partial charge in [-0.25, -0.2) is 0 Å². The first-order valence-corrected chi connectivity index (χ1v) is 9.78. The largest absolute Gasteiger partial charge is 0.497 e. The Morgan fingerprint density at radius 1 is 1.00 bits per heavy atom. The maximum absolute atomic E-state index is 12.0. The van der Waals surface area contributed by atoms with Gasteiger partial charge in [-0.3, -0.25) is 9.69 Å². The number of aliphatic carboxylic acids is 1. The molecule has 2 unspecified atom stereocenters. The van der Waals surface area contributed by atoms with E-state index in [0.717, 1.165) is 41.6 Å². The summed E-state index contributed by atoms with van der Waals surface area (Å²) >= 11 is 0. The minimum Gasteiger partial charge on any atom is -0.497 e. The van der Waals surface area contributed by atoms with Crippen molar-refractivity contribution in [3.05, 3.63) is 77.9 Å². The van der Waals surface area contributed by atoms with Crippen LogP contribution in [0.5, 0.6) is 5.75 Å². The van der Waals surface area contributed by atoms with Gasteiger partial charge >= 0.3 is 5.97 Å². The first-order chi connectivity index (χ1) is 13.7. The van der Waals surface area contributed by atoms with Crippen LogP contribution in [-0.4, -0.2) is 35.7 Å². The normalized spacial score (nSPS) is 18.7. The molecule has 3 aromatic carbocycles. The number of rotatable bonds is 5. The number of carbonyl (C=O) groups is 1. The van der Waals surface area contributed by atoms with Crippen molar-refractivity contribution in [2.45, 2.75) is 31.3 Å². The number of hydrogen-bond acceptors (Lipinski definition) is 3. The summed E-state index contributed by atoms with van der Waals surface area (Å²) in [5.41, 5.74) is 2.17. The lowest BCUT2D eigenvalue weighted by atomic mass is 9.90. The summed E-state index contributed by atoms with van der Waals surface area (Å²) in [5, 5.41) is 12.2. The van der Waals surface area contributed by atoms with E-state index in [1.54, 1.807) is 7.11 Å². The lowest BCUT2D eigenvalue weighted by molar-refractivity contribution is -0.145. The summed E-state index contributed by atoms with van der Waals surface area (Å²) in [6.07, 6.45) is 2.65. The van der Waals surface area contributed by atoms with Crippen molar-refractivity contribution in [3.8, 4) is 5.75 Å². The molecule has 3 aromatic rings. The zero-order valence-corrected chi connectivity index (χ0v) is 16.0. The van der Waals surface area contributed by atoms with Crippen LogP contribution in [0.1, 0.15) is 36.4 Å². The van der Waals surface area contributed by atoms with Crippen LogP contribution in [0.15, 0.2) is 66.7 Å². The van der Waals surface area contributed by atoms with E-state index in [-0.39, 0.29) is 6.04 Å². The van der Waals surface area contributed by atoms with Gasteiger partial charge in [-0.1, -0.05) is 55.0 Å². The van der Waals surface area contributed by atoms with Crippen molar-refractivity contribution in [1.82, 2.24) is 4.90 Å². The fourth-order valence-electron chi connectivity index (χ4n) is 4.29. The molecular weight excluding hydrogens is 350 g/mol. The monoisotopic (exact) mass is 375 g/mol. The number of piperidine rings is 1. The lowest BCUT2D eigenvalue weighted by Gasteiger charge is -2.39. The van der Waals surface area contributed by atoms with Gasteiger partial charge in [-0.15, -0.1) is 0 Å². The quantitative estimate of drug-likeness (QED) is 0.691. The van der Waals surface area contributed by atoms with Crippen molar-refractivity contribution in [1.29, 1.82) is 0 Å². The summed E-state index contributed by atoms with van der Waals surface area (Å²) in [7, 11) is 1.66. The summed E-state index contributed by atoms with van der Waals surface area (Å²) in [5.74, 6) is 0.0422. The first kappa shape index (κ1) is 18.5. The summed E-state index contributed by atoms with van der Waals surface area (Å²) in [4.78, 5) is 14.1. The Kier molecular flexibility index (Phi) is 5.31. The lowest BCUT2D eigenvalue weighted by Crippen LogP contribution is -2.46. The smallest absolute Gasteiger partial charge is 0.320 e. The maximum Gasteiger partial charge on any atom is 0.320 e. The van der Waals surface area contributed by atoms with Gasteiger partial charge in [0.15, 0.2) is 0 Å². The molecule has 0 bridgehead atoms. The molecule has 0 amide bonds. The summed E-state index contributed by atoms with van der Waals surface area (Å²) < 4.78 is 5.44. The molecule has 0 aromatic heterocycles. The Labute approximate surface area is 165 Å². The molecule has 0 aliphatic carbocycles. The maximum atomic E-state index is 12.0. The Balaban J connectivity index is 1.85. The molecule has 1 N–H and O–H groups in total. The molecule has 0 radical (unpaired) electrons. The van der Waals surface area contributed by atoms with Crippen LogP contribution in [0.2, 0.25) is 0 Å². The molecule has 1 aliphatic rings. The highest BCUT2D eigenvalue weighted by molar-refractivity contribution is 5.83. The first-order valence-electron chi connectivity index (χ1n) is 9.78. The number of carboxylic acid groups (broad SMARTS) is 1. The zero-order valence-electron chi connectivity index (χ0n) is 16.0. The van der Waals surface area contributed by atoms with E-state index < -0.39 is 12.0 Å². The summed E-state index contributed by atoms with van der Waals surface area (Å²) in [6, 6.07) is 22.1. The fourth-order valence-corrected chi connectivity index (χ4v) is 4.29. The van der Waals surface area contributed by atoms with Gasteiger partial charge in [0.25, 0.3) is 0 Å². The van der Waals surface area contributed by atoms with Crippen molar-refractivity contribution < 1.29 is 14.6 Å². The number of carboxylic acids is 1. The number of fused-ring (bicyclic) bond motifs is 1. The Morgan fingerprint density at radius 2 is 1.79 bits per heavy atom. The standard InChI is InChI=1S/C24H25NO3/c1-28-21-10-6-9-19(16-21)23(25-14-5-4-11-22(25)24(26)27)20-13-12-17-7-2-3-8-18(17)15-20/h2-3,6-10,12-13,15-16,22-23H,4-5,11,14H2,1H3,(H,26,27). The molecule has 0 spiro atoms. The van der Waals surface area contributed by atoms with E-state index in [1.807, 2.05) is 30.3 Å². The predicted molar refractivity (Wildman–Crippen MR) is 111 cm³/mol. The van der Waals surface area contributed by atoms with Crippen LogP contribution < -0.4 is 4.74 Å². The van der Waals surface area contributed by atoms with Crippen molar-refractivity contribution >= 4 is 16.7 Å². The second-order valence-electron chi connectivity index (χ2n) is 7.37. The van der Waals surface area contributed by atoms with Gasteiger partial charge in [0, 0.05) is 0 Å². The van der Waals surface area contributed by atoms with Gasteiger partial charge in [0.2, 0.25) is 0 Å². The fraction of sp³-hybridized carbons (Fsp3) is 0.292. The number of methoxy groups -OCH3 is 1. The molecule has 28 heavy (non-hydrogen) atoms. The predicted octanol–water partition coefficient (Wildman–Crippen LogP) is 4.88. The molecule has 1 fully saturated rings. The van der Waals surface area contributed by atoms with Crippen LogP contribution in [0.3, 0.4) is 0 Å². The average molecular weight is 375 g/mol. The number of nitrogens with zero attached hydrogens (tertiary/aromatic N) is 1. The number of benzene rings is 3. The molecule has 144 valence electrons. The third kappa shape index (κ3) is 3.60. The van der Waals surface area contributed by atoms with E-state index in [1.165, 1.54) is 5.39 Å². The molecule has 4 rings (SSSR count). The third-order valence-electron chi connectivity index (χ3n) is 5.66. The molecule has 4 nitrogen and oxygen atoms in total. The van der Waals surface area contributed by atoms with Gasteiger partial charge in [0.05, 0.1) is 13.2 Å². The van der Waals surface area contributed by atoms with Crippen LogP contribution >= 0.6 is 0 Å². The minimum atomic E-state index is -0.742. The van der Waals surface area contributed by atoms with Crippen molar-refractivity contribution in [2.75, 3.05) is 13.7 Å². The van der Waals surface area contributed by atoms with Gasteiger partial charge in [-0.2, -0.15) is 0 Å². The second kappa shape index (κ2) is 8.03. The van der Waals surface area contributed by atoms with E-state index >= 15 is 0 Å². The number of hydrogen-bond donors (Lipinski definition) is 1. The van der Waals surface area contributed by atoms with Crippen LogP contribution in [0.4, 0.5) is 0 Å². The molecule has 1 saturated heterocycles. The van der Waals surface area contributed by atoms with Crippen molar-refractivity contribution in [3.63, 3.8) is 0 Å². The minimum absolute atomic E-state index is 0.124. The Bertz CT molecular complexity index is 984. The zero-order chi connectivity index (χ0) is 19.5. The number of likely N-dealkylation sites (tertiary alicyclic amines) is 1. The second-order valence-corrected chi connectivity index (χ2v) is 7.37. The Morgan fingerprint density at radius 3 is 2.57 bits per heavy atom. The SMILES string of the molecule is COc1cccc(C(c2ccc3ccccc3c2)N2CCCCC2C(=O)O)c1. The van der Waals surface area contributed by atoms with Crippen molar-refractivity contribution in [2.24, 2.45) is 0 Å². The van der Waals surface area contributed by atoms with E-state index in [4.69, 9.17) is 4.74 Å². The van der Waals surface area contributed by atoms with Gasteiger partial charge in [-0.05, 0) is 59.5 Å². The molecule has 4 heteroatoms. The van der Waals surface area contributed by atoms with E-state index in [0.29, 0.717) is 6.42 Å². The molecule has 1 heterocycles. The highest BCUT2D eigenvalue weighted by Gasteiger charge is 2.35. The third-order valence-corrected chi connectivity index (χ3v) is 5.66. The van der Waals surface area contributed by atoms with E-state index in [9.17, 15) is 9.90 Å². The van der Waals surface area contributed by atoms with Gasteiger partial charge in [0.1, 0.15) is 11.8 Å². The molecular formula is C24H25NO3. The highest BCUT2D eigenvalue weighted by atomic mass is 16.5. The number of ether oxygens (including phenoxy) is 1. The highest BCUT2D eigenvalue weighted by Crippen LogP contribution is 2.36. The van der Waals surface area contributed by atoms with Crippen LogP contribution in [0, 0.1) is 0 Å². The molecule has 0 saturated carbocycles. The molecule has 2 atom stereocenters. The van der Waals surface area contributed by atoms with E-state index in [2.05, 4.69) is 41.3 Å². The summed E-state index contributed by atoms with van der Waals surface area (Å²) in [6.45, 7) is 0.770. The average Bonchev–Trinajstić information content (AvgIpc) is 2.74.